The van der Waals surface area contributed by atoms with Gasteiger partial charge in [-0.15, -0.1) is 0 Å². The number of rotatable bonds is 6. The van der Waals surface area contributed by atoms with Gasteiger partial charge < -0.3 is 5.32 Å². The van der Waals surface area contributed by atoms with Crippen LogP contribution in [0.1, 0.15) is 44.8 Å². The first kappa shape index (κ1) is 13.9. The Labute approximate surface area is 123 Å². The van der Waals surface area contributed by atoms with Gasteiger partial charge in [-0.3, -0.25) is 9.48 Å². The summed E-state index contributed by atoms with van der Waals surface area (Å²) in [5.41, 5.74) is 1.57. The molecule has 2 aromatic rings. The molecule has 112 valence electrons. The molecule has 0 aromatic carbocycles. The summed E-state index contributed by atoms with van der Waals surface area (Å²) in [4.78, 5) is 12.1. The molecule has 3 rings (SSSR count). The predicted molar refractivity (Wildman–Crippen MR) is 81.5 cm³/mol. The van der Waals surface area contributed by atoms with E-state index < -0.39 is 0 Å². The number of anilines is 1. The van der Waals surface area contributed by atoms with Crippen molar-refractivity contribution in [2.45, 2.75) is 51.7 Å². The third kappa shape index (κ3) is 3.32. The second kappa shape index (κ2) is 5.71. The van der Waals surface area contributed by atoms with E-state index in [1.807, 2.05) is 16.9 Å². The lowest BCUT2D eigenvalue weighted by atomic mass is 10.3. The molecule has 1 aliphatic carbocycles. The summed E-state index contributed by atoms with van der Waals surface area (Å²) in [5, 5.41) is 12.0. The molecule has 6 heteroatoms. The highest BCUT2D eigenvalue weighted by molar-refractivity contribution is 5.41. The van der Waals surface area contributed by atoms with Gasteiger partial charge in [0.1, 0.15) is 0 Å². The maximum absolute atomic E-state index is 12.1. The van der Waals surface area contributed by atoms with Crippen LogP contribution >= 0.6 is 0 Å². The standard InChI is InChI=1S/C15H21N5O/c1-3-11(2)19-7-6-13(18-19)10-20-15(21)8-14(9-16-20)17-12-4-5-12/h6-9,11-12,17H,3-5,10H2,1-2H3. The molecule has 0 aliphatic heterocycles. The SMILES string of the molecule is CCC(C)n1ccc(Cn2ncc(NC3CC3)cc2=O)n1. The zero-order valence-corrected chi connectivity index (χ0v) is 12.5. The highest BCUT2D eigenvalue weighted by Gasteiger charge is 2.21. The molecule has 0 saturated heterocycles. The normalized spacial score (nSPS) is 15.9. The predicted octanol–water partition coefficient (Wildman–Crippen LogP) is 2.03. The van der Waals surface area contributed by atoms with Gasteiger partial charge >= 0.3 is 0 Å². The molecule has 21 heavy (non-hydrogen) atoms. The molecule has 0 radical (unpaired) electrons. The molecule has 1 atom stereocenters. The van der Waals surface area contributed by atoms with Crippen molar-refractivity contribution in [3.63, 3.8) is 0 Å². The van der Waals surface area contributed by atoms with Crippen molar-refractivity contribution in [3.8, 4) is 0 Å². The monoisotopic (exact) mass is 287 g/mol. The molecule has 1 fully saturated rings. The van der Waals surface area contributed by atoms with Crippen LogP contribution in [-0.2, 0) is 6.54 Å². The summed E-state index contributed by atoms with van der Waals surface area (Å²) in [6.07, 6.45) is 7.05. The zero-order chi connectivity index (χ0) is 14.8. The fraction of sp³-hybridized carbons (Fsp3) is 0.533. The lowest BCUT2D eigenvalue weighted by Crippen LogP contribution is -2.23. The highest BCUT2D eigenvalue weighted by Crippen LogP contribution is 2.23. The Kier molecular flexibility index (Phi) is 3.77. The van der Waals surface area contributed by atoms with E-state index >= 15 is 0 Å². The van der Waals surface area contributed by atoms with Gasteiger partial charge in [0.05, 0.1) is 24.1 Å². The van der Waals surface area contributed by atoms with E-state index in [4.69, 9.17) is 0 Å². The second-order valence-corrected chi connectivity index (χ2v) is 5.70. The van der Waals surface area contributed by atoms with Gasteiger partial charge in [0.2, 0.25) is 0 Å². The summed E-state index contributed by atoms with van der Waals surface area (Å²) in [6, 6.07) is 4.44. The van der Waals surface area contributed by atoms with Gasteiger partial charge in [0.15, 0.2) is 0 Å². The smallest absolute Gasteiger partial charge is 0.269 e. The van der Waals surface area contributed by atoms with Crippen LogP contribution in [0, 0.1) is 0 Å². The summed E-state index contributed by atoms with van der Waals surface area (Å²) in [5.74, 6) is 0. The first-order valence-electron chi connectivity index (χ1n) is 7.53. The number of hydrogen-bond donors (Lipinski definition) is 1. The highest BCUT2D eigenvalue weighted by atomic mass is 16.1. The average Bonchev–Trinajstić information content (AvgIpc) is 3.16. The third-order valence-corrected chi connectivity index (χ3v) is 3.84. The summed E-state index contributed by atoms with van der Waals surface area (Å²) in [7, 11) is 0. The lowest BCUT2D eigenvalue weighted by molar-refractivity contribution is 0.470. The van der Waals surface area contributed by atoms with Gasteiger partial charge in [-0.25, -0.2) is 4.68 Å². The van der Waals surface area contributed by atoms with Crippen molar-refractivity contribution < 1.29 is 0 Å². The molecule has 1 aliphatic rings. The maximum Gasteiger partial charge on any atom is 0.269 e. The molecule has 2 aromatic heterocycles. The quantitative estimate of drug-likeness (QED) is 0.883. The van der Waals surface area contributed by atoms with E-state index in [0.717, 1.165) is 17.8 Å². The molecule has 0 spiro atoms. The average molecular weight is 287 g/mol. The molecule has 0 amide bonds. The largest absolute Gasteiger partial charge is 0.381 e. The molecular formula is C15H21N5O. The van der Waals surface area contributed by atoms with E-state index in [9.17, 15) is 4.79 Å². The molecule has 2 heterocycles. The fourth-order valence-corrected chi connectivity index (χ4v) is 2.14. The molecular weight excluding hydrogens is 266 g/mol. The minimum absolute atomic E-state index is 0.0984. The Hall–Kier alpha value is -2.11. The van der Waals surface area contributed by atoms with E-state index in [-0.39, 0.29) is 5.56 Å². The van der Waals surface area contributed by atoms with Crippen molar-refractivity contribution in [1.82, 2.24) is 19.6 Å². The Morgan fingerprint density at radius 3 is 2.95 bits per heavy atom. The molecule has 0 bridgehead atoms. The Bertz CT molecular complexity index is 671. The van der Waals surface area contributed by atoms with Gasteiger partial charge in [0.25, 0.3) is 5.56 Å². The van der Waals surface area contributed by atoms with Crippen LogP contribution in [0.15, 0.2) is 29.3 Å². The summed E-state index contributed by atoms with van der Waals surface area (Å²) < 4.78 is 3.38. The number of nitrogens with one attached hydrogen (secondary N) is 1. The number of nitrogens with zero attached hydrogens (tertiary/aromatic N) is 4. The van der Waals surface area contributed by atoms with Crippen molar-refractivity contribution in [2.75, 3.05) is 5.32 Å². The van der Waals surface area contributed by atoms with Gasteiger partial charge in [-0.2, -0.15) is 10.2 Å². The van der Waals surface area contributed by atoms with E-state index in [1.54, 1.807) is 12.3 Å². The topological polar surface area (TPSA) is 64.7 Å². The van der Waals surface area contributed by atoms with E-state index in [1.165, 1.54) is 17.5 Å². The molecule has 6 nitrogen and oxygen atoms in total. The minimum Gasteiger partial charge on any atom is -0.381 e. The summed E-state index contributed by atoms with van der Waals surface area (Å²) in [6.45, 7) is 4.66. The van der Waals surface area contributed by atoms with Crippen molar-refractivity contribution >= 4 is 5.69 Å². The van der Waals surface area contributed by atoms with Crippen LogP contribution in [0.2, 0.25) is 0 Å². The van der Waals surface area contributed by atoms with Gasteiger partial charge in [-0.1, -0.05) is 6.92 Å². The Morgan fingerprint density at radius 1 is 1.48 bits per heavy atom. The van der Waals surface area contributed by atoms with Crippen molar-refractivity contribution in [2.24, 2.45) is 0 Å². The van der Waals surface area contributed by atoms with Crippen molar-refractivity contribution in [1.29, 1.82) is 0 Å². The maximum atomic E-state index is 12.1. The van der Waals surface area contributed by atoms with Gasteiger partial charge in [0, 0.05) is 24.3 Å². The number of hydrogen-bond acceptors (Lipinski definition) is 4. The van der Waals surface area contributed by atoms with Crippen LogP contribution in [-0.4, -0.2) is 25.6 Å². The second-order valence-electron chi connectivity index (χ2n) is 5.70. The third-order valence-electron chi connectivity index (χ3n) is 3.84. The van der Waals surface area contributed by atoms with E-state index in [2.05, 4.69) is 29.4 Å². The van der Waals surface area contributed by atoms with Crippen LogP contribution in [0.4, 0.5) is 5.69 Å². The van der Waals surface area contributed by atoms with Crippen LogP contribution in [0.25, 0.3) is 0 Å². The van der Waals surface area contributed by atoms with E-state index in [0.29, 0.717) is 18.6 Å². The lowest BCUT2D eigenvalue weighted by Gasteiger charge is -2.08. The van der Waals surface area contributed by atoms with Crippen molar-refractivity contribution in [3.05, 3.63) is 40.6 Å². The van der Waals surface area contributed by atoms with Crippen LogP contribution in [0.3, 0.4) is 0 Å². The van der Waals surface area contributed by atoms with Crippen LogP contribution < -0.4 is 10.9 Å². The minimum atomic E-state index is -0.0984. The first-order valence-corrected chi connectivity index (χ1v) is 7.53. The fourth-order valence-electron chi connectivity index (χ4n) is 2.14. The molecule has 1 N–H and O–H groups in total. The zero-order valence-electron chi connectivity index (χ0n) is 12.5. The molecule has 1 saturated carbocycles. The van der Waals surface area contributed by atoms with Crippen LogP contribution in [0.5, 0.6) is 0 Å². The first-order chi connectivity index (χ1) is 10.2. The summed E-state index contributed by atoms with van der Waals surface area (Å²) >= 11 is 0. The Balaban J connectivity index is 1.72. The number of aromatic nitrogens is 4. The Morgan fingerprint density at radius 2 is 2.29 bits per heavy atom. The molecule has 1 unspecified atom stereocenters. The van der Waals surface area contributed by atoms with Gasteiger partial charge in [-0.05, 0) is 32.3 Å².